The van der Waals surface area contributed by atoms with Crippen molar-refractivity contribution in [3.05, 3.63) is 69.7 Å². The number of aryl methyl sites for hydroxylation is 2. The Hall–Kier alpha value is -4.27. The van der Waals surface area contributed by atoms with Crippen molar-refractivity contribution < 1.29 is 29.0 Å². The predicted molar refractivity (Wildman–Crippen MR) is 139 cm³/mol. The molecule has 0 spiro atoms. The van der Waals surface area contributed by atoms with Crippen molar-refractivity contribution in [3.63, 3.8) is 0 Å². The maximum absolute atomic E-state index is 13.0. The molecule has 9 heteroatoms. The molecular formula is C28H30N2O7. The first-order valence-electron chi connectivity index (χ1n) is 12.2. The molecule has 0 saturated heterocycles. The lowest BCUT2D eigenvalue weighted by atomic mass is 10.0. The number of carbonyl (C=O) groups is 2. The summed E-state index contributed by atoms with van der Waals surface area (Å²) in [7, 11) is 0. The highest BCUT2D eigenvalue weighted by Crippen LogP contribution is 2.31. The van der Waals surface area contributed by atoms with Crippen molar-refractivity contribution in [2.45, 2.75) is 58.6 Å². The first-order chi connectivity index (χ1) is 17.7. The number of carboxylic acid groups (broad SMARTS) is 1. The first-order valence-corrected chi connectivity index (χ1v) is 12.2. The lowest BCUT2D eigenvalue weighted by molar-refractivity contribution is -0.142. The Morgan fingerprint density at radius 2 is 1.95 bits per heavy atom. The van der Waals surface area contributed by atoms with E-state index in [1.165, 1.54) is 19.1 Å². The number of amides is 1. The number of unbranched alkanes of at least 4 members (excludes halogenated alkanes) is 1. The number of nitrogens with one attached hydrogen (secondary N) is 2. The number of H-pyrrole nitrogens is 1. The van der Waals surface area contributed by atoms with Crippen LogP contribution in [0.1, 0.15) is 43.4 Å². The van der Waals surface area contributed by atoms with Crippen LogP contribution in [0.25, 0.3) is 21.9 Å². The molecular weight excluding hydrogens is 476 g/mol. The molecule has 2 heterocycles. The Morgan fingerprint density at radius 1 is 1.16 bits per heavy atom. The number of hydrogen-bond donors (Lipinski definition) is 4. The van der Waals surface area contributed by atoms with Gasteiger partial charge in [0.25, 0.3) is 5.91 Å². The van der Waals surface area contributed by atoms with Crippen LogP contribution >= 0.6 is 0 Å². The fourth-order valence-corrected chi connectivity index (χ4v) is 4.42. The molecule has 0 fully saturated rings. The van der Waals surface area contributed by atoms with E-state index in [0.29, 0.717) is 34.1 Å². The standard InChI is InChI=1S/C28H30N2O7/c1-4-5-6-17-12-25(32)37-24-10-15(2)9-23(26(17)24)36-16(3)27(33)30-22(28(34)35)11-18-14-29-21-8-7-19(31)13-20(18)21/h7-10,12-14,16,22,29,31H,4-6,11H2,1-3H3,(H,30,33)(H,34,35)/t16-,22-/m0/s1. The fraction of sp³-hybridized carbons (Fsp3) is 0.321. The molecule has 194 valence electrons. The van der Waals surface area contributed by atoms with Gasteiger partial charge in [0.2, 0.25) is 0 Å². The zero-order valence-corrected chi connectivity index (χ0v) is 21.0. The van der Waals surface area contributed by atoms with Crippen molar-refractivity contribution in [2.75, 3.05) is 0 Å². The van der Waals surface area contributed by atoms with Crippen LogP contribution in [-0.2, 0) is 22.4 Å². The maximum Gasteiger partial charge on any atom is 0.336 e. The zero-order valence-electron chi connectivity index (χ0n) is 21.0. The van der Waals surface area contributed by atoms with Crippen LogP contribution < -0.4 is 15.7 Å². The van der Waals surface area contributed by atoms with Gasteiger partial charge in [-0.2, -0.15) is 0 Å². The molecule has 2 aromatic heterocycles. The number of rotatable bonds is 10. The monoisotopic (exact) mass is 506 g/mol. The minimum Gasteiger partial charge on any atom is -0.508 e. The van der Waals surface area contributed by atoms with E-state index < -0.39 is 29.6 Å². The van der Waals surface area contributed by atoms with Crippen molar-refractivity contribution >= 4 is 33.7 Å². The van der Waals surface area contributed by atoms with E-state index in [9.17, 15) is 24.6 Å². The minimum atomic E-state index is -1.22. The SMILES string of the molecule is CCCCc1cc(=O)oc2cc(C)cc(O[C@@H](C)C(=O)N[C@@H](Cc3c[nH]c4ccc(O)cc34)C(=O)O)c12. The summed E-state index contributed by atoms with van der Waals surface area (Å²) in [5.41, 5.74) is 2.89. The van der Waals surface area contributed by atoms with Gasteiger partial charge < -0.3 is 29.7 Å². The number of carboxylic acids is 1. The number of aromatic nitrogens is 1. The number of aromatic hydroxyl groups is 1. The van der Waals surface area contributed by atoms with Crippen LogP contribution in [0.15, 0.2) is 51.8 Å². The van der Waals surface area contributed by atoms with E-state index in [-0.39, 0.29) is 12.2 Å². The van der Waals surface area contributed by atoms with Gasteiger partial charge in [0.1, 0.15) is 23.1 Å². The molecule has 0 aliphatic heterocycles. The van der Waals surface area contributed by atoms with Gasteiger partial charge in [-0.05, 0) is 73.7 Å². The number of phenolic OH excluding ortho intramolecular Hbond substituents is 1. The van der Waals surface area contributed by atoms with Crippen LogP contribution in [0.3, 0.4) is 0 Å². The van der Waals surface area contributed by atoms with Crippen molar-refractivity contribution in [1.82, 2.24) is 10.3 Å². The van der Waals surface area contributed by atoms with Crippen LogP contribution in [0.4, 0.5) is 0 Å². The van der Waals surface area contributed by atoms with E-state index in [1.54, 1.807) is 30.5 Å². The molecule has 4 aromatic rings. The lowest BCUT2D eigenvalue weighted by Crippen LogP contribution is -2.47. The van der Waals surface area contributed by atoms with Crippen LogP contribution in [0, 0.1) is 6.92 Å². The molecule has 0 bridgehead atoms. The summed E-state index contributed by atoms with van der Waals surface area (Å²) in [6.07, 6.45) is 3.11. The molecule has 4 rings (SSSR count). The predicted octanol–water partition coefficient (Wildman–Crippen LogP) is 4.21. The molecule has 0 aliphatic carbocycles. The third-order valence-corrected chi connectivity index (χ3v) is 6.30. The second-order valence-electron chi connectivity index (χ2n) is 9.24. The Morgan fingerprint density at radius 3 is 2.68 bits per heavy atom. The smallest absolute Gasteiger partial charge is 0.336 e. The summed E-state index contributed by atoms with van der Waals surface area (Å²) in [6.45, 7) is 5.42. The van der Waals surface area contributed by atoms with Gasteiger partial charge in [0.15, 0.2) is 6.10 Å². The third kappa shape index (κ3) is 5.77. The number of aliphatic carboxylic acids is 1. The highest BCUT2D eigenvalue weighted by atomic mass is 16.5. The van der Waals surface area contributed by atoms with E-state index in [4.69, 9.17) is 9.15 Å². The average Bonchev–Trinajstić information content (AvgIpc) is 3.22. The van der Waals surface area contributed by atoms with E-state index >= 15 is 0 Å². The summed E-state index contributed by atoms with van der Waals surface area (Å²) in [5, 5.41) is 23.5. The van der Waals surface area contributed by atoms with Gasteiger partial charge in [0, 0.05) is 29.6 Å². The number of aromatic amines is 1. The number of benzene rings is 2. The summed E-state index contributed by atoms with van der Waals surface area (Å²) in [5.74, 6) is -1.34. The number of carbonyl (C=O) groups excluding carboxylic acids is 1. The molecule has 4 N–H and O–H groups in total. The molecule has 0 saturated carbocycles. The topological polar surface area (TPSA) is 142 Å². The van der Waals surface area contributed by atoms with E-state index in [2.05, 4.69) is 17.2 Å². The van der Waals surface area contributed by atoms with Crippen LogP contribution in [0.2, 0.25) is 0 Å². The number of phenols is 1. The number of fused-ring (bicyclic) bond motifs is 2. The molecule has 1 amide bonds. The Kier molecular flexibility index (Phi) is 7.52. The molecule has 0 unspecified atom stereocenters. The highest BCUT2D eigenvalue weighted by Gasteiger charge is 2.26. The fourth-order valence-electron chi connectivity index (χ4n) is 4.42. The van der Waals surface area contributed by atoms with Gasteiger partial charge in [-0.1, -0.05) is 13.3 Å². The average molecular weight is 507 g/mol. The molecule has 0 aliphatic rings. The normalized spacial score (nSPS) is 12.9. The largest absolute Gasteiger partial charge is 0.508 e. The van der Waals surface area contributed by atoms with E-state index in [1.807, 2.05) is 6.92 Å². The molecule has 0 radical (unpaired) electrons. The minimum absolute atomic E-state index is 0.0109. The van der Waals surface area contributed by atoms with E-state index in [0.717, 1.165) is 29.5 Å². The summed E-state index contributed by atoms with van der Waals surface area (Å²) >= 11 is 0. The Labute approximate surface area is 213 Å². The Balaban J connectivity index is 1.56. The lowest BCUT2D eigenvalue weighted by Gasteiger charge is -2.20. The summed E-state index contributed by atoms with van der Waals surface area (Å²) < 4.78 is 11.4. The van der Waals surface area contributed by atoms with Crippen molar-refractivity contribution in [3.8, 4) is 11.5 Å². The van der Waals surface area contributed by atoms with Crippen LogP contribution in [0.5, 0.6) is 11.5 Å². The Bertz CT molecular complexity index is 1520. The first kappa shape index (κ1) is 25.8. The second kappa shape index (κ2) is 10.8. The quantitative estimate of drug-likeness (QED) is 0.236. The third-order valence-electron chi connectivity index (χ3n) is 6.30. The number of ether oxygens (including phenoxy) is 1. The molecule has 37 heavy (non-hydrogen) atoms. The van der Waals surface area contributed by atoms with Gasteiger partial charge in [-0.25, -0.2) is 9.59 Å². The van der Waals surface area contributed by atoms with Crippen molar-refractivity contribution in [1.29, 1.82) is 0 Å². The summed E-state index contributed by atoms with van der Waals surface area (Å²) in [6, 6.07) is 8.54. The zero-order chi connectivity index (χ0) is 26.7. The van der Waals surface area contributed by atoms with Crippen LogP contribution in [-0.4, -0.2) is 39.2 Å². The van der Waals surface area contributed by atoms with Crippen molar-refractivity contribution in [2.24, 2.45) is 0 Å². The van der Waals surface area contributed by atoms with Gasteiger partial charge in [0.05, 0.1) is 5.39 Å². The molecule has 9 nitrogen and oxygen atoms in total. The molecule has 2 atom stereocenters. The summed E-state index contributed by atoms with van der Waals surface area (Å²) in [4.78, 5) is 40.1. The van der Waals surface area contributed by atoms with Gasteiger partial charge in [-0.15, -0.1) is 0 Å². The number of hydrogen-bond acceptors (Lipinski definition) is 6. The second-order valence-corrected chi connectivity index (χ2v) is 9.24. The van der Waals surface area contributed by atoms with Gasteiger partial charge >= 0.3 is 11.6 Å². The molecule has 2 aromatic carbocycles. The van der Waals surface area contributed by atoms with Gasteiger partial charge in [-0.3, -0.25) is 4.79 Å². The highest BCUT2D eigenvalue weighted by molar-refractivity contribution is 5.90. The maximum atomic E-state index is 13.0.